The average Bonchev–Trinajstić information content (AvgIpc) is 3.18. The Morgan fingerprint density at radius 2 is 2.13 bits per heavy atom. The van der Waals surface area contributed by atoms with Gasteiger partial charge in [-0.3, -0.25) is 9.59 Å². The molecule has 1 fully saturated rings. The van der Waals surface area contributed by atoms with Gasteiger partial charge < -0.3 is 10.4 Å². The van der Waals surface area contributed by atoms with Crippen molar-refractivity contribution < 1.29 is 14.7 Å². The van der Waals surface area contributed by atoms with Crippen LogP contribution in [0.2, 0.25) is 4.34 Å². The number of hydrogen-bond acceptors (Lipinski definition) is 5. The van der Waals surface area contributed by atoms with E-state index in [0.717, 1.165) is 9.88 Å². The summed E-state index contributed by atoms with van der Waals surface area (Å²) in [6.07, 6.45) is 1.81. The summed E-state index contributed by atoms with van der Waals surface area (Å²) in [6.45, 7) is 1.80. The Morgan fingerprint density at radius 3 is 2.74 bits per heavy atom. The van der Waals surface area contributed by atoms with Gasteiger partial charge in [-0.15, -0.1) is 22.7 Å². The van der Waals surface area contributed by atoms with Gasteiger partial charge in [0, 0.05) is 6.04 Å². The zero-order valence-corrected chi connectivity index (χ0v) is 14.7. The van der Waals surface area contributed by atoms with Crippen LogP contribution in [-0.2, 0) is 4.79 Å². The van der Waals surface area contributed by atoms with Gasteiger partial charge in [-0.2, -0.15) is 0 Å². The molecule has 1 aliphatic rings. The fourth-order valence-corrected chi connectivity index (χ4v) is 4.80. The average molecular weight is 371 g/mol. The first kappa shape index (κ1) is 16.4. The number of carboxylic acid groups (broad SMARTS) is 1. The number of halogens is 1. The van der Waals surface area contributed by atoms with Gasteiger partial charge in [0.25, 0.3) is 5.91 Å². The summed E-state index contributed by atoms with van der Waals surface area (Å²) < 4.78 is 0.685. The van der Waals surface area contributed by atoms with Gasteiger partial charge in [0.2, 0.25) is 0 Å². The predicted octanol–water partition coefficient (Wildman–Crippen LogP) is 3.82. The third kappa shape index (κ3) is 3.57. The minimum absolute atomic E-state index is 0.0790. The first-order valence-electron chi connectivity index (χ1n) is 7.21. The monoisotopic (exact) mass is 370 g/mol. The second kappa shape index (κ2) is 6.59. The highest BCUT2D eigenvalue weighted by Crippen LogP contribution is 2.35. The number of aliphatic carboxylic acids is 1. The third-order valence-corrected chi connectivity index (χ3v) is 6.46. The number of nitrogens with one attached hydrogen (secondary N) is 1. The molecule has 3 rings (SSSR count). The zero-order valence-electron chi connectivity index (χ0n) is 12.3. The van der Waals surface area contributed by atoms with Gasteiger partial charge in [0.05, 0.1) is 20.8 Å². The Bertz CT molecular complexity index is 756. The smallest absolute Gasteiger partial charge is 0.306 e. The molecule has 0 spiro atoms. The lowest BCUT2D eigenvalue weighted by molar-refractivity contribution is -0.141. The number of aromatic nitrogens is 1. The van der Waals surface area contributed by atoms with Gasteiger partial charge >= 0.3 is 5.97 Å². The molecule has 2 atom stereocenters. The van der Waals surface area contributed by atoms with Crippen molar-refractivity contribution in [3.8, 4) is 9.88 Å². The van der Waals surface area contributed by atoms with E-state index in [2.05, 4.69) is 10.3 Å². The van der Waals surface area contributed by atoms with Crippen LogP contribution >= 0.6 is 34.3 Å². The van der Waals surface area contributed by atoms with Crippen LogP contribution in [0.1, 0.15) is 34.6 Å². The SMILES string of the molecule is Cc1nc(-c2ccc(Cl)s2)sc1C(=O)N[C@H]1CC[C@@H](C(=O)O)C1. The van der Waals surface area contributed by atoms with E-state index in [-0.39, 0.29) is 17.9 Å². The lowest BCUT2D eigenvalue weighted by Crippen LogP contribution is -2.33. The van der Waals surface area contributed by atoms with Crippen molar-refractivity contribution in [2.75, 3.05) is 0 Å². The quantitative estimate of drug-likeness (QED) is 0.857. The van der Waals surface area contributed by atoms with Gasteiger partial charge in [0.15, 0.2) is 0 Å². The largest absolute Gasteiger partial charge is 0.481 e. The molecule has 1 aliphatic carbocycles. The molecule has 122 valence electrons. The fourth-order valence-electron chi connectivity index (χ4n) is 2.73. The Kier molecular flexibility index (Phi) is 4.70. The minimum atomic E-state index is -0.785. The summed E-state index contributed by atoms with van der Waals surface area (Å²) >= 11 is 8.70. The number of nitrogens with zero attached hydrogens (tertiary/aromatic N) is 1. The second-order valence-electron chi connectivity index (χ2n) is 5.56. The number of thiazole rings is 1. The summed E-state index contributed by atoms with van der Waals surface area (Å²) in [7, 11) is 0. The molecular weight excluding hydrogens is 356 g/mol. The van der Waals surface area contributed by atoms with Crippen molar-refractivity contribution in [3.63, 3.8) is 0 Å². The molecule has 5 nitrogen and oxygen atoms in total. The molecule has 2 aromatic rings. The molecule has 0 radical (unpaired) electrons. The summed E-state index contributed by atoms with van der Waals surface area (Å²) in [5.41, 5.74) is 0.680. The molecule has 0 bridgehead atoms. The normalized spacial score (nSPS) is 20.6. The van der Waals surface area contributed by atoms with Crippen LogP contribution in [0.3, 0.4) is 0 Å². The predicted molar refractivity (Wildman–Crippen MR) is 91.4 cm³/mol. The maximum absolute atomic E-state index is 12.4. The molecular formula is C15H15ClN2O3S2. The van der Waals surface area contributed by atoms with E-state index in [0.29, 0.717) is 34.2 Å². The highest BCUT2D eigenvalue weighted by atomic mass is 35.5. The van der Waals surface area contributed by atoms with E-state index in [1.54, 1.807) is 6.92 Å². The number of carbonyl (C=O) groups excluding carboxylic acids is 1. The molecule has 2 aromatic heterocycles. The van der Waals surface area contributed by atoms with Crippen LogP contribution in [0.15, 0.2) is 12.1 Å². The summed E-state index contributed by atoms with van der Waals surface area (Å²) in [5, 5.41) is 12.7. The fraction of sp³-hybridized carbons (Fsp3) is 0.400. The summed E-state index contributed by atoms with van der Waals surface area (Å²) in [4.78, 5) is 29.4. The standard InChI is InChI=1S/C15H15ClN2O3S2/c1-7-12(23-14(17-7)10-4-5-11(16)22-10)13(19)18-9-3-2-8(6-9)15(20)21/h4-5,8-9H,2-3,6H2,1H3,(H,18,19)(H,20,21)/t8-,9+/m1/s1. The molecule has 23 heavy (non-hydrogen) atoms. The van der Waals surface area contributed by atoms with Crippen molar-refractivity contribution in [3.05, 3.63) is 27.0 Å². The van der Waals surface area contributed by atoms with Gasteiger partial charge in [-0.25, -0.2) is 4.98 Å². The number of thiophene rings is 1. The Labute approximate surface area is 146 Å². The number of rotatable bonds is 4. The zero-order chi connectivity index (χ0) is 16.6. The minimum Gasteiger partial charge on any atom is -0.481 e. The first-order valence-corrected chi connectivity index (χ1v) is 9.22. The molecule has 1 amide bonds. The number of hydrogen-bond donors (Lipinski definition) is 2. The Hall–Kier alpha value is -1.44. The van der Waals surface area contributed by atoms with E-state index < -0.39 is 5.97 Å². The van der Waals surface area contributed by atoms with Crippen LogP contribution < -0.4 is 5.32 Å². The van der Waals surface area contributed by atoms with E-state index in [1.807, 2.05) is 12.1 Å². The van der Waals surface area contributed by atoms with Gasteiger partial charge in [-0.1, -0.05) is 11.6 Å². The maximum atomic E-state index is 12.4. The third-order valence-electron chi connectivity index (χ3n) is 3.90. The van der Waals surface area contributed by atoms with Crippen molar-refractivity contribution in [2.24, 2.45) is 5.92 Å². The lowest BCUT2D eigenvalue weighted by atomic mass is 10.1. The molecule has 2 heterocycles. The lowest BCUT2D eigenvalue weighted by Gasteiger charge is -2.11. The number of amides is 1. The van der Waals surface area contributed by atoms with Crippen molar-refractivity contribution >= 4 is 46.2 Å². The van der Waals surface area contributed by atoms with E-state index in [9.17, 15) is 9.59 Å². The van der Waals surface area contributed by atoms with Crippen LogP contribution in [0.25, 0.3) is 9.88 Å². The van der Waals surface area contributed by atoms with Crippen LogP contribution in [0.5, 0.6) is 0 Å². The molecule has 0 aliphatic heterocycles. The number of carboxylic acids is 1. The van der Waals surface area contributed by atoms with E-state index >= 15 is 0 Å². The molecule has 0 aromatic carbocycles. The topological polar surface area (TPSA) is 79.3 Å². The Balaban J connectivity index is 1.71. The Morgan fingerprint density at radius 1 is 1.35 bits per heavy atom. The highest BCUT2D eigenvalue weighted by Gasteiger charge is 2.31. The number of aryl methyl sites for hydroxylation is 1. The highest BCUT2D eigenvalue weighted by molar-refractivity contribution is 7.24. The molecule has 2 N–H and O–H groups in total. The van der Waals surface area contributed by atoms with Crippen LogP contribution in [0, 0.1) is 12.8 Å². The van der Waals surface area contributed by atoms with Gasteiger partial charge in [-0.05, 0) is 38.3 Å². The van der Waals surface area contributed by atoms with Gasteiger partial charge in [0.1, 0.15) is 9.88 Å². The molecule has 8 heteroatoms. The van der Waals surface area contributed by atoms with Crippen LogP contribution in [0.4, 0.5) is 0 Å². The number of carbonyl (C=O) groups is 2. The molecule has 0 unspecified atom stereocenters. The first-order chi connectivity index (χ1) is 10.9. The van der Waals surface area contributed by atoms with E-state index in [1.165, 1.54) is 22.7 Å². The van der Waals surface area contributed by atoms with Crippen LogP contribution in [-0.4, -0.2) is 28.0 Å². The summed E-state index contributed by atoms with van der Waals surface area (Å²) in [6, 6.07) is 3.62. The van der Waals surface area contributed by atoms with E-state index in [4.69, 9.17) is 16.7 Å². The maximum Gasteiger partial charge on any atom is 0.306 e. The van der Waals surface area contributed by atoms with Crippen molar-refractivity contribution in [2.45, 2.75) is 32.2 Å². The van der Waals surface area contributed by atoms with Crippen molar-refractivity contribution in [1.29, 1.82) is 0 Å². The molecule has 0 saturated heterocycles. The van der Waals surface area contributed by atoms with Crippen molar-refractivity contribution in [1.82, 2.24) is 10.3 Å². The summed E-state index contributed by atoms with van der Waals surface area (Å²) in [5.74, 6) is -1.32. The second-order valence-corrected chi connectivity index (χ2v) is 8.27. The molecule has 1 saturated carbocycles.